The molecule has 2 aromatic carbocycles. The van der Waals surface area contributed by atoms with Gasteiger partial charge in [0, 0.05) is 10.8 Å². The van der Waals surface area contributed by atoms with Crippen molar-refractivity contribution in [2.24, 2.45) is 0 Å². The Bertz CT molecular complexity index is 641. The lowest BCUT2D eigenvalue weighted by Gasteiger charge is -2.14. The number of anilines is 1. The van der Waals surface area contributed by atoms with Crippen LogP contribution in [0.5, 0.6) is 0 Å². The van der Waals surface area contributed by atoms with Crippen LogP contribution >= 0.6 is 46.6 Å². The summed E-state index contributed by atoms with van der Waals surface area (Å²) in [5, 5.41) is 3.61. The highest BCUT2D eigenvalue weighted by Crippen LogP contribution is 2.34. The van der Waals surface area contributed by atoms with E-state index < -0.39 is 0 Å². The zero-order chi connectivity index (χ0) is 16.1. The van der Waals surface area contributed by atoms with E-state index in [1.165, 1.54) is 5.56 Å². The summed E-state index contributed by atoms with van der Waals surface area (Å²) in [6.45, 7) is 1.85. The molecule has 2 rings (SSSR count). The predicted octanol–water partition coefficient (Wildman–Crippen LogP) is 5.91. The van der Waals surface area contributed by atoms with Crippen LogP contribution in [0.25, 0.3) is 0 Å². The van der Waals surface area contributed by atoms with Crippen LogP contribution in [0.3, 0.4) is 0 Å². The molecule has 0 saturated carbocycles. The van der Waals surface area contributed by atoms with E-state index in [2.05, 4.69) is 5.32 Å². The number of carbonyl (C=O) groups is 1. The first-order chi connectivity index (χ1) is 10.5. The summed E-state index contributed by atoms with van der Waals surface area (Å²) < 4.78 is 0. The van der Waals surface area contributed by atoms with Gasteiger partial charge in [0.1, 0.15) is 0 Å². The van der Waals surface area contributed by atoms with Crippen molar-refractivity contribution in [1.82, 2.24) is 0 Å². The zero-order valence-electron chi connectivity index (χ0n) is 11.8. The molecule has 0 saturated heterocycles. The molecular formula is C16H14Cl3NOS. The third kappa shape index (κ3) is 4.82. The average Bonchev–Trinajstić information content (AvgIpc) is 2.49. The fourth-order valence-electron chi connectivity index (χ4n) is 1.76. The van der Waals surface area contributed by atoms with Crippen LogP contribution in [0, 0.1) is 0 Å². The molecule has 2 nitrogen and oxygen atoms in total. The maximum atomic E-state index is 12.2. The van der Waals surface area contributed by atoms with Crippen molar-refractivity contribution in [1.29, 1.82) is 0 Å². The smallest absolute Gasteiger partial charge is 0.237 e. The van der Waals surface area contributed by atoms with Gasteiger partial charge in [0.2, 0.25) is 5.91 Å². The number of amides is 1. The topological polar surface area (TPSA) is 29.1 Å². The van der Waals surface area contributed by atoms with E-state index >= 15 is 0 Å². The van der Waals surface area contributed by atoms with Gasteiger partial charge in [-0.1, -0.05) is 65.1 Å². The van der Waals surface area contributed by atoms with Crippen molar-refractivity contribution in [2.75, 3.05) is 5.32 Å². The monoisotopic (exact) mass is 373 g/mol. The van der Waals surface area contributed by atoms with Crippen LogP contribution in [0.4, 0.5) is 5.69 Å². The van der Waals surface area contributed by atoms with Crippen LogP contribution in [0.15, 0.2) is 42.5 Å². The Kier molecular flexibility index (Phi) is 6.45. The molecule has 6 heteroatoms. The minimum Gasteiger partial charge on any atom is -0.323 e. The molecule has 1 atom stereocenters. The van der Waals surface area contributed by atoms with Crippen molar-refractivity contribution < 1.29 is 4.79 Å². The van der Waals surface area contributed by atoms with Crippen LogP contribution in [0.1, 0.15) is 12.5 Å². The highest BCUT2D eigenvalue weighted by Gasteiger charge is 2.17. The Morgan fingerprint density at radius 3 is 2.32 bits per heavy atom. The number of hydrogen-bond donors (Lipinski definition) is 1. The van der Waals surface area contributed by atoms with Crippen molar-refractivity contribution in [3.8, 4) is 0 Å². The van der Waals surface area contributed by atoms with Crippen LogP contribution in [-0.4, -0.2) is 11.2 Å². The molecule has 0 aromatic heterocycles. The van der Waals surface area contributed by atoms with E-state index in [0.717, 1.165) is 5.75 Å². The molecule has 0 aliphatic heterocycles. The summed E-state index contributed by atoms with van der Waals surface area (Å²) in [6, 6.07) is 13.1. The molecule has 0 fully saturated rings. The molecule has 0 spiro atoms. The molecule has 0 aliphatic rings. The standard InChI is InChI=1S/C16H14Cl3NOS/c1-10(22-9-11-5-3-2-4-6-11)16(21)20-15-13(18)7-12(17)8-14(15)19/h2-8,10H,9H2,1H3,(H,20,21)/t10-/m1/s1. The second kappa shape index (κ2) is 8.11. The average molecular weight is 375 g/mol. The first-order valence-electron chi connectivity index (χ1n) is 6.58. The highest BCUT2D eigenvalue weighted by atomic mass is 35.5. The first-order valence-corrected chi connectivity index (χ1v) is 8.76. The Morgan fingerprint density at radius 1 is 1.14 bits per heavy atom. The lowest BCUT2D eigenvalue weighted by Crippen LogP contribution is -2.23. The molecule has 0 unspecified atom stereocenters. The summed E-state index contributed by atoms with van der Waals surface area (Å²) >= 11 is 19.5. The molecule has 0 bridgehead atoms. The van der Waals surface area contributed by atoms with Gasteiger partial charge in [-0.05, 0) is 24.6 Å². The number of nitrogens with one attached hydrogen (secondary N) is 1. The summed E-state index contributed by atoms with van der Waals surface area (Å²) in [5.74, 6) is 0.615. The minimum absolute atomic E-state index is 0.146. The van der Waals surface area contributed by atoms with E-state index in [1.54, 1.807) is 23.9 Å². The largest absolute Gasteiger partial charge is 0.323 e. The predicted molar refractivity (Wildman–Crippen MR) is 97.3 cm³/mol. The molecule has 1 N–H and O–H groups in total. The van der Waals surface area contributed by atoms with Gasteiger partial charge >= 0.3 is 0 Å². The van der Waals surface area contributed by atoms with Crippen molar-refractivity contribution in [2.45, 2.75) is 17.9 Å². The summed E-state index contributed by atoms with van der Waals surface area (Å²) in [4.78, 5) is 12.2. The normalized spacial score (nSPS) is 12.0. The van der Waals surface area contributed by atoms with Gasteiger partial charge in [0.15, 0.2) is 0 Å². The number of benzene rings is 2. The molecule has 2 aromatic rings. The third-order valence-electron chi connectivity index (χ3n) is 2.97. The van der Waals surface area contributed by atoms with Crippen LogP contribution < -0.4 is 5.32 Å². The number of carbonyl (C=O) groups excluding carboxylic acids is 1. The zero-order valence-corrected chi connectivity index (χ0v) is 14.9. The SMILES string of the molecule is C[C@@H](SCc1ccccc1)C(=O)Nc1c(Cl)cc(Cl)cc1Cl. The maximum Gasteiger partial charge on any atom is 0.237 e. The molecule has 1 amide bonds. The van der Waals surface area contributed by atoms with Crippen LogP contribution in [0.2, 0.25) is 15.1 Å². The van der Waals surface area contributed by atoms with Gasteiger partial charge in [0.05, 0.1) is 21.0 Å². The number of hydrogen-bond acceptors (Lipinski definition) is 2. The Morgan fingerprint density at radius 2 is 1.73 bits per heavy atom. The van der Waals surface area contributed by atoms with E-state index in [9.17, 15) is 4.79 Å². The number of thioether (sulfide) groups is 1. The molecule has 116 valence electrons. The van der Waals surface area contributed by atoms with Crippen molar-refractivity contribution >= 4 is 58.2 Å². The molecule has 22 heavy (non-hydrogen) atoms. The van der Waals surface area contributed by atoms with Gasteiger partial charge in [-0.2, -0.15) is 0 Å². The lowest BCUT2D eigenvalue weighted by atomic mass is 10.2. The molecular weight excluding hydrogens is 361 g/mol. The Hall–Kier alpha value is -0.870. The van der Waals surface area contributed by atoms with Gasteiger partial charge in [0.25, 0.3) is 0 Å². The fraction of sp³-hybridized carbons (Fsp3) is 0.188. The quantitative estimate of drug-likeness (QED) is 0.705. The summed E-state index contributed by atoms with van der Waals surface area (Å²) in [6.07, 6.45) is 0. The van der Waals surface area contributed by atoms with E-state index in [-0.39, 0.29) is 11.2 Å². The van der Waals surface area contributed by atoms with Crippen molar-refractivity contribution in [3.05, 3.63) is 63.1 Å². The maximum absolute atomic E-state index is 12.2. The Balaban J connectivity index is 1.97. The van der Waals surface area contributed by atoms with Gasteiger partial charge in [-0.25, -0.2) is 0 Å². The molecule has 0 aliphatic carbocycles. The lowest BCUT2D eigenvalue weighted by molar-refractivity contribution is -0.115. The van der Waals surface area contributed by atoms with E-state index in [0.29, 0.717) is 20.8 Å². The van der Waals surface area contributed by atoms with Gasteiger partial charge in [-0.3, -0.25) is 4.79 Å². The number of rotatable bonds is 5. The minimum atomic E-state index is -0.233. The fourth-order valence-corrected chi connectivity index (χ4v) is 3.51. The first kappa shape index (κ1) is 17.5. The summed E-state index contributed by atoms with van der Waals surface area (Å²) in [7, 11) is 0. The van der Waals surface area contributed by atoms with E-state index in [4.69, 9.17) is 34.8 Å². The number of halogens is 3. The second-order valence-electron chi connectivity index (χ2n) is 4.67. The second-order valence-corrected chi connectivity index (χ2v) is 7.25. The molecule has 0 radical (unpaired) electrons. The highest BCUT2D eigenvalue weighted by molar-refractivity contribution is 7.99. The summed E-state index contributed by atoms with van der Waals surface area (Å²) in [5.41, 5.74) is 1.57. The molecule has 0 heterocycles. The third-order valence-corrected chi connectivity index (χ3v) is 5.00. The van der Waals surface area contributed by atoms with E-state index in [1.807, 2.05) is 37.3 Å². The van der Waals surface area contributed by atoms with Crippen molar-refractivity contribution in [3.63, 3.8) is 0 Å². The van der Waals surface area contributed by atoms with Gasteiger partial charge in [-0.15, -0.1) is 11.8 Å². The Labute approximate surface area is 149 Å². The van der Waals surface area contributed by atoms with Gasteiger partial charge < -0.3 is 5.32 Å². The van der Waals surface area contributed by atoms with Crippen LogP contribution in [-0.2, 0) is 10.5 Å².